The Balaban J connectivity index is 1.88. The Kier molecular flexibility index (Phi) is 6.09. The molecule has 0 bridgehead atoms. The first-order chi connectivity index (χ1) is 10.1. The van der Waals surface area contributed by atoms with Crippen molar-refractivity contribution in [3.05, 3.63) is 29.3 Å². The van der Waals surface area contributed by atoms with Gasteiger partial charge in [0.2, 0.25) is 5.91 Å². The zero-order valence-corrected chi connectivity index (χ0v) is 14.7. The Morgan fingerprint density at radius 3 is 2.52 bits per heavy atom. The molecule has 0 atom stereocenters. The molecular weight excluding hydrogens is 328 g/mol. The minimum Gasteiger partial charge on any atom is -0.368 e. The van der Waals surface area contributed by atoms with E-state index in [4.69, 9.17) is 0 Å². The summed E-state index contributed by atoms with van der Waals surface area (Å²) < 4.78 is 0. The van der Waals surface area contributed by atoms with Gasteiger partial charge in [-0.3, -0.25) is 4.79 Å². The molecule has 0 aliphatic carbocycles. The Bertz CT molecular complexity index is 482. The first-order valence-electron chi connectivity index (χ1n) is 7.78. The van der Waals surface area contributed by atoms with Crippen molar-refractivity contribution in [2.45, 2.75) is 33.1 Å². The van der Waals surface area contributed by atoms with Crippen LogP contribution in [0.25, 0.3) is 0 Å². The van der Waals surface area contributed by atoms with Gasteiger partial charge in [0.05, 0.1) is 0 Å². The van der Waals surface area contributed by atoms with Crippen LogP contribution in [0.4, 0.5) is 5.69 Å². The van der Waals surface area contributed by atoms with Crippen molar-refractivity contribution in [2.75, 3.05) is 36.4 Å². The van der Waals surface area contributed by atoms with Crippen LogP contribution < -0.4 is 4.90 Å². The van der Waals surface area contributed by atoms with Crippen LogP contribution >= 0.6 is 15.9 Å². The van der Waals surface area contributed by atoms with Crippen molar-refractivity contribution in [2.24, 2.45) is 0 Å². The van der Waals surface area contributed by atoms with Gasteiger partial charge in [-0.15, -0.1) is 0 Å². The number of amides is 1. The molecular formula is C17H25BrN2O. The van der Waals surface area contributed by atoms with Gasteiger partial charge in [0.1, 0.15) is 0 Å². The van der Waals surface area contributed by atoms with E-state index in [-0.39, 0.29) is 0 Å². The predicted molar refractivity (Wildman–Crippen MR) is 92.4 cm³/mol. The molecule has 1 saturated heterocycles. The lowest BCUT2D eigenvalue weighted by molar-refractivity contribution is -0.131. The first kappa shape index (κ1) is 16.3. The Hall–Kier alpha value is -1.03. The molecule has 0 unspecified atom stereocenters. The van der Waals surface area contributed by atoms with Crippen molar-refractivity contribution >= 4 is 27.5 Å². The maximum absolute atomic E-state index is 12.1. The minimum absolute atomic E-state index is 0.316. The smallest absolute Gasteiger partial charge is 0.222 e. The molecule has 3 nitrogen and oxygen atoms in total. The number of unbranched alkanes of at least 4 members (excludes halogenated alkanes) is 1. The molecule has 116 valence electrons. The minimum atomic E-state index is 0.316. The van der Waals surface area contributed by atoms with E-state index in [0.29, 0.717) is 12.3 Å². The van der Waals surface area contributed by atoms with Crippen LogP contribution in [0.1, 0.15) is 30.4 Å². The Labute approximate surface area is 136 Å². The van der Waals surface area contributed by atoms with E-state index in [0.717, 1.165) is 44.4 Å². The Morgan fingerprint density at radius 1 is 1.14 bits per heavy atom. The van der Waals surface area contributed by atoms with Gasteiger partial charge in [-0.05, 0) is 43.9 Å². The van der Waals surface area contributed by atoms with E-state index in [1.165, 1.54) is 16.8 Å². The molecule has 0 N–H and O–H groups in total. The average molecular weight is 353 g/mol. The van der Waals surface area contributed by atoms with E-state index in [1.54, 1.807) is 0 Å². The SMILES string of the molecule is Cc1cccc(N2CCN(C(=O)CCCCBr)CC2)c1C. The monoisotopic (exact) mass is 352 g/mol. The molecule has 4 heteroatoms. The molecule has 1 amide bonds. The van der Waals surface area contributed by atoms with Crippen molar-refractivity contribution in [1.29, 1.82) is 0 Å². The fraction of sp³-hybridized carbons (Fsp3) is 0.588. The molecule has 0 aromatic heterocycles. The molecule has 1 aliphatic heterocycles. The maximum atomic E-state index is 12.1. The van der Waals surface area contributed by atoms with Crippen LogP contribution in [-0.2, 0) is 4.79 Å². The second-order valence-corrected chi connectivity index (χ2v) is 6.53. The third-order valence-electron chi connectivity index (χ3n) is 4.32. The number of anilines is 1. The first-order valence-corrected chi connectivity index (χ1v) is 8.90. The van der Waals surface area contributed by atoms with Gasteiger partial charge in [0, 0.05) is 43.6 Å². The molecule has 0 saturated carbocycles. The third kappa shape index (κ3) is 4.22. The second-order valence-electron chi connectivity index (χ2n) is 5.73. The zero-order valence-electron chi connectivity index (χ0n) is 13.1. The molecule has 1 aromatic carbocycles. The van der Waals surface area contributed by atoms with Gasteiger partial charge in [-0.2, -0.15) is 0 Å². The highest BCUT2D eigenvalue weighted by Crippen LogP contribution is 2.24. The van der Waals surface area contributed by atoms with Gasteiger partial charge < -0.3 is 9.80 Å². The number of alkyl halides is 1. The molecule has 21 heavy (non-hydrogen) atoms. The van der Waals surface area contributed by atoms with Gasteiger partial charge >= 0.3 is 0 Å². The highest BCUT2D eigenvalue weighted by atomic mass is 79.9. The van der Waals surface area contributed by atoms with E-state index < -0.39 is 0 Å². The van der Waals surface area contributed by atoms with Crippen LogP contribution in [-0.4, -0.2) is 42.3 Å². The van der Waals surface area contributed by atoms with Gasteiger partial charge in [0.15, 0.2) is 0 Å². The lowest BCUT2D eigenvalue weighted by Gasteiger charge is -2.37. The molecule has 0 spiro atoms. The average Bonchev–Trinajstić information content (AvgIpc) is 2.50. The molecule has 0 radical (unpaired) electrons. The molecule has 2 rings (SSSR count). The van der Waals surface area contributed by atoms with Gasteiger partial charge in [-0.1, -0.05) is 28.1 Å². The van der Waals surface area contributed by atoms with E-state index >= 15 is 0 Å². The number of hydrogen-bond donors (Lipinski definition) is 0. The predicted octanol–water partition coefficient (Wildman–Crippen LogP) is 3.52. The van der Waals surface area contributed by atoms with Gasteiger partial charge in [0.25, 0.3) is 0 Å². The number of carbonyl (C=O) groups excluding carboxylic acids is 1. The van der Waals surface area contributed by atoms with Crippen molar-refractivity contribution in [1.82, 2.24) is 4.90 Å². The van der Waals surface area contributed by atoms with Crippen LogP contribution in [0.3, 0.4) is 0 Å². The molecule has 1 aliphatic rings. The highest BCUT2D eigenvalue weighted by molar-refractivity contribution is 9.09. The zero-order chi connectivity index (χ0) is 15.2. The summed E-state index contributed by atoms with van der Waals surface area (Å²) in [5.41, 5.74) is 4.01. The molecule has 1 aromatic rings. The summed E-state index contributed by atoms with van der Waals surface area (Å²) >= 11 is 3.41. The summed E-state index contributed by atoms with van der Waals surface area (Å²) in [6.45, 7) is 7.91. The molecule has 1 fully saturated rings. The number of hydrogen-bond acceptors (Lipinski definition) is 2. The van der Waals surface area contributed by atoms with Crippen LogP contribution in [0, 0.1) is 13.8 Å². The van der Waals surface area contributed by atoms with Crippen molar-refractivity contribution in [3.8, 4) is 0 Å². The maximum Gasteiger partial charge on any atom is 0.222 e. The van der Waals surface area contributed by atoms with Crippen molar-refractivity contribution in [3.63, 3.8) is 0 Å². The van der Waals surface area contributed by atoms with Crippen molar-refractivity contribution < 1.29 is 4.79 Å². The highest BCUT2D eigenvalue weighted by Gasteiger charge is 2.21. The number of nitrogens with zero attached hydrogens (tertiary/aromatic N) is 2. The summed E-state index contributed by atoms with van der Waals surface area (Å²) in [6, 6.07) is 6.47. The van der Waals surface area contributed by atoms with Crippen LogP contribution in [0.5, 0.6) is 0 Å². The summed E-state index contributed by atoms with van der Waals surface area (Å²) in [5.74, 6) is 0.316. The van der Waals surface area contributed by atoms with Gasteiger partial charge in [-0.25, -0.2) is 0 Å². The lowest BCUT2D eigenvalue weighted by Crippen LogP contribution is -2.49. The van der Waals surface area contributed by atoms with E-state index in [1.807, 2.05) is 4.90 Å². The number of carbonyl (C=O) groups is 1. The quantitative estimate of drug-likeness (QED) is 0.597. The van der Waals surface area contributed by atoms with E-state index in [9.17, 15) is 4.79 Å². The van der Waals surface area contributed by atoms with Crippen LogP contribution in [0.2, 0.25) is 0 Å². The van der Waals surface area contributed by atoms with E-state index in [2.05, 4.69) is 52.9 Å². The Morgan fingerprint density at radius 2 is 1.86 bits per heavy atom. The summed E-state index contributed by atoms with van der Waals surface area (Å²) in [6.07, 6.45) is 2.75. The number of piperazine rings is 1. The number of aryl methyl sites for hydroxylation is 1. The standard InChI is InChI=1S/C17H25BrN2O/c1-14-6-5-7-16(15(14)2)19-10-12-20(13-11-19)17(21)8-3-4-9-18/h5-7H,3-4,8-13H2,1-2H3. The third-order valence-corrected chi connectivity index (χ3v) is 4.88. The number of rotatable bonds is 5. The fourth-order valence-corrected chi connectivity index (χ4v) is 3.20. The number of benzene rings is 1. The largest absolute Gasteiger partial charge is 0.368 e. The van der Waals surface area contributed by atoms with Crippen LogP contribution in [0.15, 0.2) is 18.2 Å². The summed E-state index contributed by atoms with van der Waals surface area (Å²) in [4.78, 5) is 16.6. The topological polar surface area (TPSA) is 23.6 Å². The second kappa shape index (κ2) is 7.83. The number of halogens is 1. The lowest BCUT2D eigenvalue weighted by atomic mass is 10.1. The fourth-order valence-electron chi connectivity index (χ4n) is 2.80. The summed E-state index contributed by atoms with van der Waals surface area (Å²) in [7, 11) is 0. The molecule has 1 heterocycles. The normalized spacial score (nSPS) is 15.4. The summed E-state index contributed by atoms with van der Waals surface area (Å²) in [5, 5.41) is 0.987.